The molecule has 0 unspecified atom stereocenters. The van der Waals surface area contributed by atoms with Gasteiger partial charge in [0.2, 0.25) is 0 Å². The first-order valence-electron chi connectivity index (χ1n) is 6.81. The van der Waals surface area contributed by atoms with Crippen LogP contribution in [0.1, 0.15) is 50.9 Å². The lowest BCUT2D eigenvalue weighted by Crippen LogP contribution is -2.45. The number of hydrogen-bond acceptors (Lipinski definition) is 3. The molecule has 0 radical (unpaired) electrons. The van der Waals surface area contributed by atoms with Crippen LogP contribution in [0.25, 0.3) is 0 Å². The second kappa shape index (κ2) is 6.45. The Kier molecular flexibility index (Phi) is 5.21. The molecule has 0 aromatic heterocycles. The van der Waals surface area contributed by atoms with Gasteiger partial charge in [-0.1, -0.05) is 19.9 Å². The topological polar surface area (TPSA) is 64.3 Å². The summed E-state index contributed by atoms with van der Waals surface area (Å²) in [5.41, 5.74) is 6.65. The highest BCUT2D eigenvalue weighted by molar-refractivity contribution is 5.99. The van der Waals surface area contributed by atoms with Crippen molar-refractivity contribution < 1.29 is 9.53 Å². The number of ether oxygens (including phenoxy) is 1. The maximum atomic E-state index is 12.4. The maximum absolute atomic E-state index is 12.4. The smallest absolute Gasteiger partial charge is 0.255 e. The third kappa shape index (κ3) is 3.63. The predicted octanol–water partition coefficient (Wildman–Crippen LogP) is 2.98. The van der Waals surface area contributed by atoms with Crippen molar-refractivity contribution in [3.8, 4) is 5.75 Å². The van der Waals surface area contributed by atoms with Crippen molar-refractivity contribution in [2.24, 2.45) is 0 Å². The summed E-state index contributed by atoms with van der Waals surface area (Å²) in [5, 5.41) is 3.06. The van der Waals surface area contributed by atoms with Crippen molar-refractivity contribution in [2.45, 2.75) is 46.1 Å². The standard InChI is InChI=1S/C15H24N2O2/c1-5-15(4,6-2)17-14(18)11-9-8-10-12(16)13(11)19-7-3/h8-10H,5-7,16H2,1-4H3,(H,17,18). The van der Waals surface area contributed by atoms with E-state index in [9.17, 15) is 4.79 Å². The molecule has 0 fully saturated rings. The SMILES string of the molecule is CCOc1c(N)cccc1C(=O)NC(C)(CC)CC. The molecule has 0 spiro atoms. The summed E-state index contributed by atoms with van der Waals surface area (Å²) >= 11 is 0. The first-order chi connectivity index (χ1) is 8.97. The lowest BCUT2D eigenvalue weighted by atomic mass is 9.95. The van der Waals surface area contributed by atoms with Gasteiger partial charge in [-0.3, -0.25) is 4.79 Å². The minimum atomic E-state index is -0.203. The molecule has 0 aliphatic heterocycles. The molecule has 0 saturated heterocycles. The van der Waals surface area contributed by atoms with Gasteiger partial charge in [0.25, 0.3) is 5.91 Å². The van der Waals surface area contributed by atoms with Gasteiger partial charge in [0.1, 0.15) is 0 Å². The molecule has 4 heteroatoms. The second-order valence-corrected chi connectivity index (χ2v) is 4.88. The number of para-hydroxylation sites is 1. The van der Waals surface area contributed by atoms with E-state index in [2.05, 4.69) is 19.2 Å². The van der Waals surface area contributed by atoms with Crippen LogP contribution in [-0.4, -0.2) is 18.1 Å². The molecule has 0 aliphatic rings. The summed E-state index contributed by atoms with van der Waals surface area (Å²) in [6.07, 6.45) is 1.75. The molecule has 0 heterocycles. The van der Waals surface area contributed by atoms with Crippen LogP contribution in [0.5, 0.6) is 5.75 Å². The summed E-state index contributed by atoms with van der Waals surface area (Å²) in [7, 11) is 0. The Balaban J connectivity index is 3.03. The fraction of sp³-hybridized carbons (Fsp3) is 0.533. The normalized spacial score (nSPS) is 11.2. The van der Waals surface area contributed by atoms with Crippen molar-refractivity contribution >= 4 is 11.6 Å². The van der Waals surface area contributed by atoms with E-state index in [4.69, 9.17) is 10.5 Å². The molecule has 1 aromatic carbocycles. The zero-order valence-electron chi connectivity index (χ0n) is 12.2. The van der Waals surface area contributed by atoms with Gasteiger partial charge < -0.3 is 15.8 Å². The van der Waals surface area contributed by atoms with Crippen LogP contribution < -0.4 is 15.8 Å². The Hall–Kier alpha value is -1.71. The molecule has 0 bridgehead atoms. The number of anilines is 1. The fourth-order valence-electron chi connectivity index (χ4n) is 1.81. The van der Waals surface area contributed by atoms with Crippen LogP contribution in [0.2, 0.25) is 0 Å². The van der Waals surface area contributed by atoms with E-state index in [1.54, 1.807) is 18.2 Å². The van der Waals surface area contributed by atoms with E-state index in [0.717, 1.165) is 12.8 Å². The molecule has 1 aromatic rings. The third-order valence-corrected chi connectivity index (χ3v) is 3.55. The predicted molar refractivity (Wildman–Crippen MR) is 78.5 cm³/mol. The lowest BCUT2D eigenvalue weighted by molar-refractivity contribution is 0.0897. The van der Waals surface area contributed by atoms with Gasteiger partial charge in [-0.2, -0.15) is 0 Å². The zero-order chi connectivity index (χ0) is 14.5. The highest BCUT2D eigenvalue weighted by Crippen LogP contribution is 2.27. The lowest BCUT2D eigenvalue weighted by Gasteiger charge is -2.28. The molecule has 106 valence electrons. The molecular formula is C15H24N2O2. The summed E-state index contributed by atoms with van der Waals surface area (Å²) in [6.45, 7) is 8.51. The molecule has 3 N–H and O–H groups in total. The summed E-state index contributed by atoms with van der Waals surface area (Å²) in [5.74, 6) is 0.332. The van der Waals surface area contributed by atoms with Gasteiger partial charge in [-0.25, -0.2) is 0 Å². The summed E-state index contributed by atoms with van der Waals surface area (Å²) in [4.78, 5) is 12.4. The minimum absolute atomic E-state index is 0.137. The van der Waals surface area contributed by atoms with E-state index in [1.807, 2.05) is 13.8 Å². The number of hydrogen-bond donors (Lipinski definition) is 2. The van der Waals surface area contributed by atoms with Crippen LogP contribution in [0.3, 0.4) is 0 Å². The molecular weight excluding hydrogens is 240 g/mol. The number of benzene rings is 1. The number of nitrogens with two attached hydrogens (primary N) is 1. The quantitative estimate of drug-likeness (QED) is 0.776. The minimum Gasteiger partial charge on any atom is -0.491 e. The van der Waals surface area contributed by atoms with Crippen LogP contribution in [0.15, 0.2) is 18.2 Å². The zero-order valence-corrected chi connectivity index (χ0v) is 12.2. The molecule has 4 nitrogen and oxygen atoms in total. The third-order valence-electron chi connectivity index (χ3n) is 3.55. The molecule has 0 saturated carbocycles. The Morgan fingerprint density at radius 1 is 1.32 bits per heavy atom. The van der Waals surface area contributed by atoms with Crippen LogP contribution >= 0.6 is 0 Å². The average Bonchev–Trinajstić information content (AvgIpc) is 2.41. The van der Waals surface area contributed by atoms with E-state index >= 15 is 0 Å². The second-order valence-electron chi connectivity index (χ2n) is 4.88. The highest BCUT2D eigenvalue weighted by Gasteiger charge is 2.24. The Labute approximate surface area is 115 Å². The Morgan fingerprint density at radius 3 is 2.47 bits per heavy atom. The number of nitrogens with one attached hydrogen (secondary N) is 1. The number of carbonyl (C=O) groups is 1. The molecule has 19 heavy (non-hydrogen) atoms. The Morgan fingerprint density at radius 2 is 1.95 bits per heavy atom. The van der Waals surface area contributed by atoms with Gasteiger partial charge in [0.05, 0.1) is 17.9 Å². The van der Waals surface area contributed by atoms with Crippen molar-refractivity contribution in [1.29, 1.82) is 0 Å². The Bertz CT molecular complexity index is 440. The summed E-state index contributed by atoms with van der Waals surface area (Å²) < 4.78 is 5.48. The van der Waals surface area contributed by atoms with Crippen molar-refractivity contribution in [3.05, 3.63) is 23.8 Å². The largest absolute Gasteiger partial charge is 0.491 e. The van der Waals surface area contributed by atoms with E-state index in [0.29, 0.717) is 23.6 Å². The van der Waals surface area contributed by atoms with Crippen molar-refractivity contribution in [3.63, 3.8) is 0 Å². The average molecular weight is 264 g/mol. The van der Waals surface area contributed by atoms with E-state index in [1.165, 1.54) is 0 Å². The summed E-state index contributed by atoms with van der Waals surface area (Å²) in [6, 6.07) is 5.24. The number of rotatable bonds is 6. The first-order valence-corrected chi connectivity index (χ1v) is 6.81. The number of nitrogen functional groups attached to an aromatic ring is 1. The molecule has 0 aliphatic carbocycles. The van der Waals surface area contributed by atoms with E-state index in [-0.39, 0.29) is 11.4 Å². The van der Waals surface area contributed by atoms with Gasteiger partial charge in [-0.15, -0.1) is 0 Å². The molecule has 1 amide bonds. The van der Waals surface area contributed by atoms with Crippen molar-refractivity contribution in [2.75, 3.05) is 12.3 Å². The molecule has 0 atom stereocenters. The van der Waals surface area contributed by atoms with Gasteiger partial charge in [0, 0.05) is 5.54 Å². The first kappa shape index (κ1) is 15.3. The maximum Gasteiger partial charge on any atom is 0.255 e. The number of carbonyl (C=O) groups excluding carboxylic acids is 1. The van der Waals surface area contributed by atoms with Gasteiger partial charge in [-0.05, 0) is 38.8 Å². The monoisotopic (exact) mass is 264 g/mol. The van der Waals surface area contributed by atoms with Crippen LogP contribution in [0, 0.1) is 0 Å². The van der Waals surface area contributed by atoms with Gasteiger partial charge >= 0.3 is 0 Å². The van der Waals surface area contributed by atoms with Gasteiger partial charge in [0.15, 0.2) is 5.75 Å². The van der Waals surface area contributed by atoms with Crippen LogP contribution in [-0.2, 0) is 0 Å². The van der Waals surface area contributed by atoms with Crippen LogP contribution in [0.4, 0.5) is 5.69 Å². The molecule has 1 rings (SSSR count). The highest BCUT2D eigenvalue weighted by atomic mass is 16.5. The van der Waals surface area contributed by atoms with Crippen molar-refractivity contribution in [1.82, 2.24) is 5.32 Å². The number of amides is 1. The fourth-order valence-corrected chi connectivity index (χ4v) is 1.81. The van der Waals surface area contributed by atoms with E-state index < -0.39 is 0 Å².